The summed E-state index contributed by atoms with van der Waals surface area (Å²) in [6.45, 7) is 0. The number of fused-ring (bicyclic) bond motifs is 7. The molecule has 0 amide bonds. The highest BCUT2D eigenvalue weighted by atomic mass is 16.3. The Morgan fingerprint density at radius 3 is 1.56 bits per heavy atom. The highest BCUT2D eigenvalue weighted by molar-refractivity contribution is 6.14. The van der Waals surface area contributed by atoms with E-state index in [1.807, 2.05) is 12.1 Å². The van der Waals surface area contributed by atoms with Gasteiger partial charge in [-0.2, -0.15) is 0 Å². The molecular weight excluding hydrogens is 607 g/mol. The summed E-state index contributed by atoms with van der Waals surface area (Å²) < 4.78 is 6.11. The van der Waals surface area contributed by atoms with Crippen LogP contribution in [0.2, 0.25) is 0 Å². The van der Waals surface area contributed by atoms with Gasteiger partial charge in [-0.05, 0) is 104 Å². The van der Waals surface area contributed by atoms with Crippen molar-refractivity contribution in [1.29, 1.82) is 0 Å². The molecule has 10 rings (SSSR count). The Kier molecular flexibility index (Phi) is 6.53. The topological polar surface area (TPSA) is 16.4 Å². The van der Waals surface area contributed by atoms with Crippen LogP contribution in [0, 0.1) is 0 Å². The molecule has 0 saturated heterocycles. The van der Waals surface area contributed by atoms with E-state index in [0.717, 1.165) is 50.1 Å². The van der Waals surface area contributed by atoms with Crippen LogP contribution in [-0.2, 0) is 0 Å². The van der Waals surface area contributed by atoms with E-state index >= 15 is 0 Å². The van der Waals surface area contributed by atoms with Crippen LogP contribution >= 0.6 is 0 Å². The Balaban J connectivity index is 1.11. The van der Waals surface area contributed by atoms with E-state index in [4.69, 9.17) is 4.42 Å². The Morgan fingerprint density at radius 1 is 0.300 bits per heavy atom. The average Bonchev–Trinajstić information content (AvgIpc) is 3.56. The van der Waals surface area contributed by atoms with Gasteiger partial charge in [0.15, 0.2) is 0 Å². The fourth-order valence-corrected chi connectivity index (χ4v) is 7.53. The van der Waals surface area contributed by atoms with Crippen LogP contribution < -0.4 is 4.90 Å². The van der Waals surface area contributed by atoms with Gasteiger partial charge in [0.2, 0.25) is 0 Å². The average molecular weight is 638 g/mol. The number of furan rings is 1. The van der Waals surface area contributed by atoms with E-state index in [-0.39, 0.29) is 0 Å². The number of hydrogen-bond acceptors (Lipinski definition) is 2. The van der Waals surface area contributed by atoms with E-state index in [0.29, 0.717) is 0 Å². The van der Waals surface area contributed by atoms with Crippen LogP contribution in [0.3, 0.4) is 0 Å². The fraction of sp³-hybridized carbons (Fsp3) is 0. The molecule has 0 aliphatic rings. The Morgan fingerprint density at radius 2 is 0.820 bits per heavy atom. The lowest BCUT2D eigenvalue weighted by atomic mass is 9.98. The first-order valence-electron chi connectivity index (χ1n) is 17.1. The largest absolute Gasteiger partial charge is 0.456 e. The molecule has 1 aromatic heterocycles. The van der Waals surface area contributed by atoms with Gasteiger partial charge in [-0.25, -0.2) is 0 Å². The molecule has 0 fully saturated rings. The molecule has 2 nitrogen and oxygen atoms in total. The Bertz CT molecular complexity index is 2860. The molecule has 0 saturated carbocycles. The van der Waals surface area contributed by atoms with Gasteiger partial charge < -0.3 is 9.32 Å². The molecule has 0 aliphatic carbocycles. The standard InChI is InChI=1S/C48H31NO/c1-2-10-35-29-36(18-17-32(35)9-1)33-19-24-39(25-20-33)49(46-31-38-11-3-4-12-41(38)42-13-5-6-14-43(42)46)40-26-21-34(22-27-40)37-23-28-48-45(30-37)44-15-7-8-16-47(44)50-48/h1-31H. The lowest BCUT2D eigenvalue weighted by Gasteiger charge is -2.28. The van der Waals surface area contributed by atoms with Crippen molar-refractivity contribution in [1.82, 2.24) is 0 Å². The molecule has 0 atom stereocenters. The van der Waals surface area contributed by atoms with Crippen LogP contribution in [0.15, 0.2) is 192 Å². The predicted molar refractivity (Wildman–Crippen MR) is 212 cm³/mol. The minimum Gasteiger partial charge on any atom is -0.456 e. The highest BCUT2D eigenvalue weighted by Gasteiger charge is 2.18. The van der Waals surface area contributed by atoms with Gasteiger partial charge in [0.05, 0.1) is 5.69 Å². The van der Waals surface area contributed by atoms with Crippen LogP contribution in [0.4, 0.5) is 17.1 Å². The first-order valence-corrected chi connectivity index (χ1v) is 17.1. The normalized spacial score (nSPS) is 11.6. The lowest BCUT2D eigenvalue weighted by molar-refractivity contribution is 0.669. The second kappa shape index (κ2) is 11.5. The number of benzene rings is 9. The van der Waals surface area contributed by atoms with Crippen molar-refractivity contribution in [3.05, 3.63) is 188 Å². The number of anilines is 3. The van der Waals surface area contributed by atoms with Crippen molar-refractivity contribution in [2.45, 2.75) is 0 Å². The number of rotatable bonds is 5. The smallest absolute Gasteiger partial charge is 0.135 e. The predicted octanol–water partition coefficient (Wildman–Crippen LogP) is 13.8. The zero-order valence-electron chi connectivity index (χ0n) is 27.3. The third-order valence-corrected chi connectivity index (χ3v) is 10.0. The summed E-state index contributed by atoms with van der Waals surface area (Å²) >= 11 is 0. The second-order valence-corrected chi connectivity index (χ2v) is 13.0. The summed E-state index contributed by atoms with van der Waals surface area (Å²) in [6, 6.07) is 67.7. The summed E-state index contributed by atoms with van der Waals surface area (Å²) in [5, 5.41) is 9.72. The molecule has 9 aromatic carbocycles. The first-order chi connectivity index (χ1) is 24.8. The Hall–Kier alpha value is -6.64. The van der Waals surface area contributed by atoms with E-state index in [2.05, 4.69) is 181 Å². The SMILES string of the molecule is c1ccc2cc(-c3ccc(N(c4ccc(-c5ccc6oc7ccccc7c6c5)cc4)c4cc5ccccc5c5ccccc45)cc3)ccc2c1. The molecule has 0 unspecified atom stereocenters. The van der Waals surface area contributed by atoms with Gasteiger partial charge in [0.1, 0.15) is 11.2 Å². The Labute approximate surface area is 290 Å². The maximum Gasteiger partial charge on any atom is 0.135 e. The zero-order chi connectivity index (χ0) is 33.0. The molecule has 2 heteroatoms. The van der Waals surface area contributed by atoms with Gasteiger partial charge in [0, 0.05) is 27.5 Å². The van der Waals surface area contributed by atoms with E-state index in [1.165, 1.54) is 43.4 Å². The van der Waals surface area contributed by atoms with Crippen molar-refractivity contribution < 1.29 is 4.42 Å². The van der Waals surface area contributed by atoms with Crippen molar-refractivity contribution >= 4 is 71.3 Å². The fourth-order valence-electron chi connectivity index (χ4n) is 7.53. The molecule has 0 N–H and O–H groups in total. The number of nitrogens with zero attached hydrogens (tertiary/aromatic N) is 1. The molecule has 0 spiro atoms. The second-order valence-electron chi connectivity index (χ2n) is 13.0. The summed E-state index contributed by atoms with van der Waals surface area (Å²) in [5.41, 5.74) is 9.92. The molecular formula is C48H31NO. The van der Waals surface area contributed by atoms with E-state index < -0.39 is 0 Å². The highest BCUT2D eigenvalue weighted by Crippen LogP contribution is 2.43. The summed E-state index contributed by atoms with van der Waals surface area (Å²) in [4.78, 5) is 2.40. The van der Waals surface area contributed by atoms with Crippen molar-refractivity contribution in [3.8, 4) is 22.3 Å². The lowest BCUT2D eigenvalue weighted by Crippen LogP contribution is -2.10. The van der Waals surface area contributed by atoms with Crippen LogP contribution in [-0.4, -0.2) is 0 Å². The van der Waals surface area contributed by atoms with Gasteiger partial charge in [-0.1, -0.05) is 133 Å². The molecule has 50 heavy (non-hydrogen) atoms. The van der Waals surface area contributed by atoms with Crippen molar-refractivity contribution in [2.24, 2.45) is 0 Å². The molecule has 1 heterocycles. The van der Waals surface area contributed by atoms with E-state index in [9.17, 15) is 0 Å². The van der Waals surface area contributed by atoms with Gasteiger partial charge in [0.25, 0.3) is 0 Å². The van der Waals surface area contributed by atoms with Crippen LogP contribution in [0.5, 0.6) is 0 Å². The van der Waals surface area contributed by atoms with Gasteiger partial charge in [-0.3, -0.25) is 0 Å². The molecule has 0 radical (unpaired) electrons. The summed E-state index contributed by atoms with van der Waals surface area (Å²) in [7, 11) is 0. The van der Waals surface area contributed by atoms with Crippen molar-refractivity contribution in [3.63, 3.8) is 0 Å². The molecule has 0 bridgehead atoms. The third-order valence-electron chi connectivity index (χ3n) is 10.0. The number of para-hydroxylation sites is 1. The maximum atomic E-state index is 6.11. The minimum atomic E-state index is 0.910. The first kappa shape index (κ1) is 28.4. The number of hydrogen-bond donors (Lipinski definition) is 0. The molecule has 234 valence electrons. The van der Waals surface area contributed by atoms with E-state index in [1.54, 1.807) is 0 Å². The van der Waals surface area contributed by atoms with Gasteiger partial charge >= 0.3 is 0 Å². The minimum absolute atomic E-state index is 0.910. The maximum absolute atomic E-state index is 6.11. The monoisotopic (exact) mass is 637 g/mol. The zero-order valence-corrected chi connectivity index (χ0v) is 27.3. The third kappa shape index (κ3) is 4.73. The summed E-state index contributed by atoms with van der Waals surface area (Å²) in [6.07, 6.45) is 0. The molecule has 10 aromatic rings. The quantitative estimate of drug-likeness (QED) is 0.175. The van der Waals surface area contributed by atoms with Crippen LogP contribution in [0.1, 0.15) is 0 Å². The van der Waals surface area contributed by atoms with Gasteiger partial charge in [-0.15, -0.1) is 0 Å². The molecule has 0 aliphatic heterocycles. The van der Waals surface area contributed by atoms with Crippen molar-refractivity contribution in [2.75, 3.05) is 4.90 Å². The summed E-state index contributed by atoms with van der Waals surface area (Å²) in [5.74, 6) is 0. The van der Waals surface area contributed by atoms with Crippen LogP contribution in [0.25, 0.3) is 76.5 Å².